The van der Waals surface area contributed by atoms with Crippen LogP contribution in [0.15, 0.2) is 30.5 Å². The van der Waals surface area contributed by atoms with Crippen molar-refractivity contribution >= 4 is 29.1 Å². The Balaban J connectivity index is 1.33. The van der Waals surface area contributed by atoms with Crippen LogP contribution in [0.1, 0.15) is 30.9 Å². The predicted octanol–water partition coefficient (Wildman–Crippen LogP) is 4.56. The highest BCUT2D eigenvalue weighted by molar-refractivity contribution is 6.29. The van der Waals surface area contributed by atoms with Crippen molar-refractivity contribution in [2.24, 2.45) is 5.92 Å². The molecule has 1 saturated heterocycles. The monoisotopic (exact) mass is 560 g/mol. The van der Waals surface area contributed by atoms with Gasteiger partial charge in [0.1, 0.15) is 11.9 Å². The van der Waals surface area contributed by atoms with Crippen LogP contribution in [0.3, 0.4) is 0 Å². The number of likely N-dealkylation sites (tertiary alicyclic amines) is 1. The largest absolute Gasteiger partial charge is 0.401 e. The first-order chi connectivity index (χ1) is 18.6. The number of nitriles is 1. The van der Waals surface area contributed by atoms with Crippen molar-refractivity contribution in [1.29, 1.82) is 5.26 Å². The van der Waals surface area contributed by atoms with Crippen LogP contribution < -0.4 is 10.6 Å². The second-order valence-corrected chi connectivity index (χ2v) is 10.8. The summed E-state index contributed by atoms with van der Waals surface area (Å²) in [4.78, 5) is 10.4. The van der Waals surface area contributed by atoms with Gasteiger partial charge in [-0.05, 0) is 55.6 Å². The molecule has 5 rings (SSSR count). The molecule has 0 unspecified atom stereocenters. The minimum absolute atomic E-state index is 0.0655. The average molecular weight is 561 g/mol. The summed E-state index contributed by atoms with van der Waals surface area (Å²) in [6, 6.07) is 9.31. The van der Waals surface area contributed by atoms with E-state index in [1.807, 2.05) is 13.0 Å². The van der Waals surface area contributed by atoms with Crippen LogP contribution >= 0.6 is 11.6 Å². The lowest BCUT2D eigenvalue weighted by molar-refractivity contribution is -0.148. The number of hydrogen-bond acceptors (Lipinski definition) is 8. The Bertz CT molecular complexity index is 1400. The van der Waals surface area contributed by atoms with Gasteiger partial charge in [-0.2, -0.15) is 23.5 Å². The van der Waals surface area contributed by atoms with Crippen molar-refractivity contribution in [3.05, 3.63) is 46.7 Å². The second kappa shape index (κ2) is 10.6. The van der Waals surface area contributed by atoms with Gasteiger partial charge in [-0.25, -0.2) is 14.6 Å². The molecule has 13 heteroatoms. The SMILES string of the molecule is C[C@]1(CO)CNc2c(C#N)cc(-c3ccnc(Nc4cc(Cl)nn4CC4CCN(CC(F)(F)F)CC4)n3)cc21. The molecule has 1 atom stereocenters. The van der Waals surface area contributed by atoms with E-state index in [-0.39, 0.29) is 17.7 Å². The Hall–Kier alpha value is -3.40. The number of nitrogens with one attached hydrogen (secondary N) is 2. The molecule has 0 bridgehead atoms. The zero-order valence-corrected chi connectivity index (χ0v) is 22.0. The zero-order valence-electron chi connectivity index (χ0n) is 21.3. The van der Waals surface area contributed by atoms with Gasteiger partial charge in [-0.15, -0.1) is 0 Å². The maximum Gasteiger partial charge on any atom is 0.401 e. The minimum Gasteiger partial charge on any atom is -0.395 e. The van der Waals surface area contributed by atoms with Crippen molar-refractivity contribution in [3.63, 3.8) is 0 Å². The number of aliphatic hydroxyl groups is 1. The van der Waals surface area contributed by atoms with Gasteiger partial charge in [0, 0.05) is 36.3 Å². The number of aliphatic hydroxyl groups excluding tert-OH is 1. The highest BCUT2D eigenvalue weighted by Gasteiger charge is 2.36. The molecule has 3 N–H and O–H groups in total. The molecule has 39 heavy (non-hydrogen) atoms. The molecule has 0 amide bonds. The summed E-state index contributed by atoms with van der Waals surface area (Å²) in [7, 11) is 0. The van der Waals surface area contributed by atoms with E-state index in [0.29, 0.717) is 62.0 Å². The molecular formula is C26H28ClF3N8O. The van der Waals surface area contributed by atoms with Crippen LogP contribution in [0.25, 0.3) is 11.3 Å². The van der Waals surface area contributed by atoms with Crippen LogP contribution in [-0.2, 0) is 12.0 Å². The Morgan fingerprint density at radius 2 is 2.05 bits per heavy atom. The molecule has 9 nitrogen and oxygen atoms in total. The molecule has 0 spiro atoms. The zero-order chi connectivity index (χ0) is 27.8. The lowest BCUT2D eigenvalue weighted by Gasteiger charge is -2.32. The second-order valence-electron chi connectivity index (χ2n) is 10.4. The standard InChI is InChI=1S/C26H28ClF3N8O/c1-25(15-39)13-33-23-18(11-31)8-17(9-19(23)25)20-2-5-32-24(34-20)35-22-10-21(27)36-38(22)12-16-3-6-37(7-4-16)14-26(28,29)30/h2,5,8-10,16,33,39H,3-4,6-7,12-15H2,1H3,(H,32,34,35)/t25-/m1/s1. The van der Waals surface area contributed by atoms with Crippen molar-refractivity contribution in [2.45, 2.75) is 37.9 Å². The molecule has 2 aliphatic heterocycles. The summed E-state index contributed by atoms with van der Waals surface area (Å²) in [5, 5.41) is 30.7. The molecule has 1 aromatic carbocycles. The van der Waals surface area contributed by atoms with Crippen molar-refractivity contribution in [3.8, 4) is 17.3 Å². The molecule has 206 valence electrons. The fraction of sp³-hybridized carbons (Fsp3) is 0.462. The molecular weight excluding hydrogens is 533 g/mol. The van der Waals surface area contributed by atoms with E-state index < -0.39 is 18.1 Å². The maximum atomic E-state index is 12.7. The van der Waals surface area contributed by atoms with Gasteiger partial charge >= 0.3 is 6.18 Å². The first kappa shape index (κ1) is 27.2. The Kier molecular flexibility index (Phi) is 7.41. The van der Waals surface area contributed by atoms with E-state index in [0.717, 1.165) is 16.8 Å². The number of aromatic nitrogens is 4. The average Bonchev–Trinajstić information content (AvgIpc) is 3.43. The van der Waals surface area contributed by atoms with E-state index in [1.54, 1.807) is 29.1 Å². The normalized spacial score (nSPS) is 19.9. The number of fused-ring (bicyclic) bond motifs is 1. The third-order valence-electron chi connectivity index (χ3n) is 7.40. The van der Waals surface area contributed by atoms with E-state index in [2.05, 4.69) is 31.8 Å². The van der Waals surface area contributed by atoms with Crippen LogP contribution in [0, 0.1) is 17.2 Å². The summed E-state index contributed by atoms with van der Waals surface area (Å²) in [5.41, 5.74) is 2.85. The van der Waals surface area contributed by atoms with E-state index in [1.165, 1.54) is 4.90 Å². The number of nitrogens with zero attached hydrogens (tertiary/aromatic N) is 6. The van der Waals surface area contributed by atoms with E-state index in [4.69, 9.17) is 11.6 Å². The number of piperidine rings is 1. The van der Waals surface area contributed by atoms with Crippen LogP contribution in [-0.4, -0.2) is 68.7 Å². The highest BCUT2D eigenvalue weighted by Crippen LogP contribution is 2.41. The van der Waals surface area contributed by atoms with Gasteiger partial charge in [0.15, 0.2) is 5.15 Å². The number of rotatable bonds is 7. The quantitative estimate of drug-likeness (QED) is 0.385. The van der Waals surface area contributed by atoms with Crippen molar-refractivity contribution in [1.82, 2.24) is 24.6 Å². The highest BCUT2D eigenvalue weighted by atomic mass is 35.5. The topological polar surface area (TPSA) is 115 Å². The van der Waals surface area contributed by atoms with Gasteiger partial charge in [0.05, 0.1) is 30.1 Å². The molecule has 0 aliphatic carbocycles. The Labute approximate surface area is 228 Å². The van der Waals surface area contributed by atoms with Gasteiger partial charge in [-0.3, -0.25) is 4.90 Å². The molecule has 1 fully saturated rings. The van der Waals surface area contributed by atoms with Crippen molar-refractivity contribution in [2.75, 3.05) is 43.4 Å². The fourth-order valence-electron chi connectivity index (χ4n) is 5.21. The van der Waals surface area contributed by atoms with Gasteiger partial charge < -0.3 is 15.7 Å². The summed E-state index contributed by atoms with van der Waals surface area (Å²) < 4.78 is 39.8. The molecule has 3 aromatic rings. The van der Waals surface area contributed by atoms with E-state index >= 15 is 0 Å². The number of alkyl halides is 3. The summed E-state index contributed by atoms with van der Waals surface area (Å²) in [5.74, 6) is 1.02. The minimum atomic E-state index is -4.20. The van der Waals surface area contributed by atoms with Gasteiger partial charge in [0.2, 0.25) is 5.95 Å². The van der Waals surface area contributed by atoms with Crippen molar-refractivity contribution < 1.29 is 18.3 Å². The Morgan fingerprint density at radius 1 is 1.28 bits per heavy atom. The van der Waals surface area contributed by atoms with Crippen LogP contribution in [0.2, 0.25) is 5.15 Å². The molecule has 0 saturated carbocycles. The lowest BCUT2D eigenvalue weighted by atomic mass is 9.83. The molecule has 4 heterocycles. The fourth-order valence-corrected chi connectivity index (χ4v) is 5.40. The van der Waals surface area contributed by atoms with E-state index in [9.17, 15) is 23.5 Å². The molecule has 2 aromatic heterocycles. The maximum absolute atomic E-state index is 12.7. The predicted molar refractivity (Wildman–Crippen MR) is 141 cm³/mol. The first-order valence-corrected chi connectivity index (χ1v) is 13.0. The number of benzene rings is 1. The first-order valence-electron chi connectivity index (χ1n) is 12.6. The smallest absolute Gasteiger partial charge is 0.395 e. The molecule has 0 radical (unpaired) electrons. The number of halogens is 4. The van der Waals surface area contributed by atoms with Gasteiger partial charge in [0.25, 0.3) is 0 Å². The number of anilines is 3. The lowest BCUT2D eigenvalue weighted by Crippen LogP contribution is -2.40. The van der Waals surface area contributed by atoms with Gasteiger partial charge in [-0.1, -0.05) is 18.5 Å². The summed E-state index contributed by atoms with van der Waals surface area (Å²) in [6.45, 7) is 2.77. The van der Waals surface area contributed by atoms with Crippen LogP contribution in [0.5, 0.6) is 0 Å². The summed E-state index contributed by atoms with van der Waals surface area (Å²) in [6.07, 6.45) is -1.34. The third-order valence-corrected chi connectivity index (χ3v) is 7.58. The van der Waals surface area contributed by atoms with Crippen LogP contribution in [0.4, 0.5) is 30.6 Å². The Morgan fingerprint density at radius 3 is 2.74 bits per heavy atom. The summed E-state index contributed by atoms with van der Waals surface area (Å²) >= 11 is 6.20. The number of hydrogen-bond donors (Lipinski definition) is 3. The molecule has 2 aliphatic rings. The third kappa shape index (κ3) is 5.95.